The predicted octanol–water partition coefficient (Wildman–Crippen LogP) is 4.50. The molecule has 136 valence electrons. The monoisotopic (exact) mass is 366 g/mol. The SMILES string of the molecule is COCCC[C@H]1CC[Si@H](c2ccc(C#Cc3ccc(F)cc3)cc2)CC1. The second kappa shape index (κ2) is 9.71. The maximum atomic E-state index is 12.9. The molecule has 0 bridgehead atoms. The zero-order valence-electron chi connectivity index (χ0n) is 15.5. The van der Waals surface area contributed by atoms with E-state index in [-0.39, 0.29) is 5.82 Å². The van der Waals surface area contributed by atoms with Crippen LogP contribution in [0.3, 0.4) is 0 Å². The van der Waals surface area contributed by atoms with Gasteiger partial charge in [0, 0.05) is 24.8 Å². The third-order valence-electron chi connectivity index (χ3n) is 5.39. The molecule has 0 unspecified atom stereocenters. The second-order valence-corrected chi connectivity index (χ2v) is 10.4. The first-order valence-electron chi connectivity index (χ1n) is 9.61. The number of rotatable bonds is 5. The number of benzene rings is 2. The van der Waals surface area contributed by atoms with Gasteiger partial charge in [0.05, 0.1) is 8.80 Å². The number of methoxy groups -OCH3 is 1. The van der Waals surface area contributed by atoms with Gasteiger partial charge in [0.15, 0.2) is 0 Å². The maximum Gasteiger partial charge on any atom is 0.123 e. The molecule has 1 saturated heterocycles. The lowest BCUT2D eigenvalue weighted by Crippen LogP contribution is -2.33. The standard InChI is InChI=1S/C23H27FOSi/c1-25-16-2-3-19-14-17-26(18-15-19)23-12-8-21(9-13-23)5-4-20-6-10-22(24)11-7-20/h6-13,19,26H,2-3,14-18H2,1H3/t19-,26-. The molecule has 0 spiro atoms. The minimum Gasteiger partial charge on any atom is -0.385 e. The zero-order chi connectivity index (χ0) is 18.2. The molecule has 3 heteroatoms. The smallest absolute Gasteiger partial charge is 0.123 e. The highest BCUT2D eigenvalue weighted by molar-refractivity contribution is 6.73. The Hall–Kier alpha value is -1.89. The Bertz CT molecular complexity index is 735. The van der Waals surface area contributed by atoms with E-state index in [1.165, 1.54) is 49.9 Å². The van der Waals surface area contributed by atoms with Crippen LogP contribution in [0.4, 0.5) is 4.39 Å². The zero-order valence-corrected chi connectivity index (χ0v) is 16.7. The van der Waals surface area contributed by atoms with Gasteiger partial charge in [-0.05, 0) is 55.2 Å². The highest BCUT2D eigenvalue weighted by Gasteiger charge is 2.23. The molecule has 1 aliphatic heterocycles. The largest absolute Gasteiger partial charge is 0.385 e. The maximum absolute atomic E-state index is 12.9. The molecule has 0 atom stereocenters. The Kier molecular flexibility index (Phi) is 7.05. The van der Waals surface area contributed by atoms with Gasteiger partial charge in [-0.15, -0.1) is 0 Å². The van der Waals surface area contributed by atoms with E-state index in [9.17, 15) is 4.39 Å². The molecule has 0 aliphatic carbocycles. The van der Waals surface area contributed by atoms with Gasteiger partial charge in [0.25, 0.3) is 0 Å². The first kappa shape index (κ1) is 18.9. The predicted molar refractivity (Wildman–Crippen MR) is 109 cm³/mol. The van der Waals surface area contributed by atoms with E-state index in [1.807, 2.05) is 0 Å². The van der Waals surface area contributed by atoms with Crippen molar-refractivity contribution in [2.24, 2.45) is 5.92 Å². The van der Waals surface area contributed by atoms with Crippen LogP contribution in [-0.2, 0) is 4.74 Å². The lowest BCUT2D eigenvalue weighted by Gasteiger charge is -2.27. The van der Waals surface area contributed by atoms with Crippen LogP contribution in [-0.4, -0.2) is 22.5 Å². The Balaban J connectivity index is 1.53. The van der Waals surface area contributed by atoms with Crippen LogP contribution in [0.1, 0.15) is 36.8 Å². The van der Waals surface area contributed by atoms with Crippen molar-refractivity contribution in [3.63, 3.8) is 0 Å². The number of halogens is 1. The van der Waals surface area contributed by atoms with Gasteiger partial charge in [-0.2, -0.15) is 0 Å². The van der Waals surface area contributed by atoms with Crippen molar-refractivity contribution in [2.75, 3.05) is 13.7 Å². The summed E-state index contributed by atoms with van der Waals surface area (Å²) >= 11 is 0. The van der Waals surface area contributed by atoms with E-state index in [1.54, 1.807) is 24.4 Å². The summed E-state index contributed by atoms with van der Waals surface area (Å²) in [6.45, 7) is 0.901. The molecule has 1 nitrogen and oxygen atoms in total. The Morgan fingerprint density at radius 1 is 0.962 bits per heavy atom. The average molecular weight is 367 g/mol. The van der Waals surface area contributed by atoms with Crippen molar-refractivity contribution in [1.29, 1.82) is 0 Å². The molecular weight excluding hydrogens is 339 g/mol. The topological polar surface area (TPSA) is 9.23 Å². The highest BCUT2D eigenvalue weighted by Crippen LogP contribution is 2.28. The Labute approximate surface area is 158 Å². The average Bonchev–Trinajstić information content (AvgIpc) is 2.69. The Morgan fingerprint density at radius 2 is 1.54 bits per heavy atom. The van der Waals surface area contributed by atoms with Crippen LogP contribution in [0.15, 0.2) is 48.5 Å². The fraction of sp³-hybridized carbons (Fsp3) is 0.391. The van der Waals surface area contributed by atoms with Gasteiger partial charge in [0.1, 0.15) is 5.82 Å². The van der Waals surface area contributed by atoms with Crippen molar-refractivity contribution in [1.82, 2.24) is 0 Å². The molecule has 0 aromatic heterocycles. The molecule has 1 aliphatic rings. The molecular formula is C23H27FOSi. The summed E-state index contributed by atoms with van der Waals surface area (Å²) in [5.41, 5.74) is 1.87. The molecule has 2 aromatic rings. The van der Waals surface area contributed by atoms with E-state index in [2.05, 4.69) is 36.1 Å². The van der Waals surface area contributed by atoms with Crippen molar-refractivity contribution >= 4 is 14.0 Å². The van der Waals surface area contributed by atoms with Crippen LogP contribution in [0.2, 0.25) is 12.1 Å². The highest BCUT2D eigenvalue weighted by atomic mass is 28.3. The summed E-state index contributed by atoms with van der Waals surface area (Å²) in [6.07, 6.45) is 5.32. The number of ether oxygens (including phenoxy) is 1. The number of hydrogen-bond acceptors (Lipinski definition) is 1. The van der Waals surface area contributed by atoms with Gasteiger partial charge in [-0.1, -0.05) is 54.1 Å². The first-order valence-corrected chi connectivity index (χ1v) is 11.8. The van der Waals surface area contributed by atoms with Gasteiger partial charge in [-0.3, -0.25) is 0 Å². The molecule has 1 fully saturated rings. The second-order valence-electron chi connectivity index (χ2n) is 7.23. The molecule has 3 rings (SSSR count). The number of hydrogen-bond donors (Lipinski definition) is 0. The first-order chi connectivity index (χ1) is 12.7. The van der Waals surface area contributed by atoms with Gasteiger partial charge in [-0.25, -0.2) is 4.39 Å². The van der Waals surface area contributed by atoms with Crippen LogP contribution in [0.5, 0.6) is 0 Å². The van der Waals surface area contributed by atoms with Crippen molar-refractivity contribution in [2.45, 2.75) is 37.8 Å². The molecule has 0 amide bonds. The summed E-state index contributed by atoms with van der Waals surface area (Å²) in [6, 6.07) is 18.1. The third kappa shape index (κ3) is 5.55. The van der Waals surface area contributed by atoms with Gasteiger partial charge in [0.2, 0.25) is 0 Å². The van der Waals surface area contributed by atoms with E-state index in [0.29, 0.717) is 0 Å². The summed E-state index contributed by atoms with van der Waals surface area (Å²) in [5, 5.41) is 1.58. The molecule has 1 heterocycles. The normalized spacial score (nSPS) is 19.6. The Morgan fingerprint density at radius 3 is 2.12 bits per heavy atom. The lowest BCUT2D eigenvalue weighted by atomic mass is 9.97. The molecule has 0 radical (unpaired) electrons. The fourth-order valence-electron chi connectivity index (χ4n) is 3.82. The summed E-state index contributed by atoms with van der Waals surface area (Å²) in [7, 11) is 0.998. The van der Waals surface area contributed by atoms with Crippen LogP contribution >= 0.6 is 0 Å². The van der Waals surface area contributed by atoms with Crippen LogP contribution < -0.4 is 5.19 Å². The molecule has 26 heavy (non-hydrogen) atoms. The minimum atomic E-state index is -0.791. The van der Waals surface area contributed by atoms with E-state index in [4.69, 9.17) is 4.74 Å². The van der Waals surface area contributed by atoms with Gasteiger partial charge >= 0.3 is 0 Å². The minimum absolute atomic E-state index is 0.224. The summed E-state index contributed by atoms with van der Waals surface area (Å²) < 4.78 is 18.1. The van der Waals surface area contributed by atoms with E-state index < -0.39 is 8.80 Å². The fourth-order valence-corrected chi connectivity index (χ4v) is 7.26. The van der Waals surface area contributed by atoms with Crippen molar-refractivity contribution in [3.8, 4) is 11.8 Å². The van der Waals surface area contributed by atoms with Crippen molar-refractivity contribution < 1.29 is 9.13 Å². The molecule has 0 saturated carbocycles. The van der Waals surface area contributed by atoms with Crippen LogP contribution in [0, 0.1) is 23.6 Å². The van der Waals surface area contributed by atoms with Crippen LogP contribution in [0.25, 0.3) is 0 Å². The summed E-state index contributed by atoms with van der Waals surface area (Å²) in [5.74, 6) is 6.97. The molecule has 0 N–H and O–H groups in total. The molecule has 2 aromatic carbocycles. The summed E-state index contributed by atoms with van der Waals surface area (Å²) in [4.78, 5) is 0. The van der Waals surface area contributed by atoms with E-state index in [0.717, 1.165) is 23.7 Å². The third-order valence-corrected chi connectivity index (χ3v) is 8.77. The van der Waals surface area contributed by atoms with Crippen molar-refractivity contribution in [3.05, 3.63) is 65.5 Å². The quantitative estimate of drug-likeness (QED) is 0.430. The van der Waals surface area contributed by atoms with Gasteiger partial charge < -0.3 is 4.74 Å². The van der Waals surface area contributed by atoms with E-state index >= 15 is 0 Å². The lowest BCUT2D eigenvalue weighted by molar-refractivity contribution is 0.185.